The lowest BCUT2D eigenvalue weighted by molar-refractivity contribution is -0.140. The summed E-state index contributed by atoms with van der Waals surface area (Å²) in [6.07, 6.45) is 12.0. The molecule has 4 aliphatic carbocycles. The van der Waals surface area contributed by atoms with Crippen molar-refractivity contribution in [1.82, 2.24) is 0 Å². The van der Waals surface area contributed by atoms with Crippen LogP contribution in [0.3, 0.4) is 0 Å². The van der Waals surface area contributed by atoms with Gasteiger partial charge in [-0.3, -0.25) is 4.79 Å². The van der Waals surface area contributed by atoms with E-state index in [2.05, 4.69) is 42.5 Å². The van der Waals surface area contributed by atoms with Crippen molar-refractivity contribution >= 4 is 5.78 Å². The number of allylic oxidation sites excluding steroid dienone is 1. The number of rotatable bonds is 4. The van der Waals surface area contributed by atoms with E-state index in [0.717, 1.165) is 49.5 Å². The maximum Gasteiger partial charge on any atom is 0.136 e. The van der Waals surface area contributed by atoms with Crippen LogP contribution in [0.2, 0.25) is 0 Å². The Labute approximate surface area is 157 Å². The van der Waals surface area contributed by atoms with Gasteiger partial charge in [0.2, 0.25) is 0 Å². The molecule has 26 heavy (non-hydrogen) atoms. The number of ketones is 1. The van der Waals surface area contributed by atoms with Crippen molar-refractivity contribution < 1.29 is 9.53 Å². The van der Waals surface area contributed by atoms with Crippen LogP contribution in [-0.2, 0) is 16.1 Å². The summed E-state index contributed by atoms with van der Waals surface area (Å²) in [5, 5.41) is 0. The molecule has 4 aliphatic rings. The molecule has 3 saturated carbocycles. The molecule has 0 saturated heterocycles. The molecular formula is C24H30O2. The number of Topliss-reactive ketones (excluding diaryl/α,β-unsaturated/α-hetero) is 1. The second-order valence-electron chi connectivity index (χ2n) is 9.06. The molecule has 0 aliphatic heterocycles. The maximum atomic E-state index is 12.5. The van der Waals surface area contributed by atoms with Crippen LogP contribution in [-0.4, -0.2) is 12.4 Å². The summed E-state index contributed by atoms with van der Waals surface area (Å²) < 4.78 is 6.13. The molecule has 1 aromatic carbocycles. The summed E-state index contributed by atoms with van der Waals surface area (Å²) in [4.78, 5) is 12.5. The Hall–Kier alpha value is -1.41. The summed E-state index contributed by atoms with van der Waals surface area (Å²) in [7, 11) is 0. The molecule has 2 heteroatoms. The van der Waals surface area contributed by atoms with Gasteiger partial charge in [-0.1, -0.05) is 42.5 Å². The average Bonchev–Trinajstić information content (AvgIpc) is 2.69. The third-order valence-electron chi connectivity index (χ3n) is 7.88. The minimum atomic E-state index is 0.384. The van der Waals surface area contributed by atoms with Crippen molar-refractivity contribution in [2.24, 2.45) is 41.4 Å². The first kappa shape index (κ1) is 16.7. The van der Waals surface area contributed by atoms with Crippen molar-refractivity contribution in [3.63, 3.8) is 0 Å². The maximum absolute atomic E-state index is 12.5. The zero-order valence-corrected chi connectivity index (χ0v) is 15.6. The smallest absolute Gasteiger partial charge is 0.136 e. The van der Waals surface area contributed by atoms with Gasteiger partial charge in [0.05, 0.1) is 13.2 Å². The van der Waals surface area contributed by atoms with Crippen LogP contribution in [0, 0.1) is 41.4 Å². The number of hydrogen-bond acceptors (Lipinski definition) is 2. The van der Waals surface area contributed by atoms with Crippen LogP contribution in [0.25, 0.3) is 0 Å². The summed E-state index contributed by atoms with van der Waals surface area (Å²) >= 11 is 0. The normalized spacial score (nSPS) is 40.9. The van der Waals surface area contributed by atoms with Gasteiger partial charge in [0.1, 0.15) is 5.78 Å². The highest BCUT2D eigenvalue weighted by atomic mass is 16.5. The fourth-order valence-corrected chi connectivity index (χ4v) is 6.79. The predicted molar refractivity (Wildman–Crippen MR) is 102 cm³/mol. The largest absolute Gasteiger partial charge is 0.376 e. The quantitative estimate of drug-likeness (QED) is 0.711. The summed E-state index contributed by atoms with van der Waals surface area (Å²) in [6, 6.07) is 10.5. The third-order valence-corrected chi connectivity index (χ3v) is 7.88. The summed E-state index contributed by atoms with van der Waals surface area (Å²) in [5.41, 5.74) is 1.25. The summed E-state index contributed by atoms with van der Waals surface area (Å²) in [5.74, 6) is 5.20. The van der Waals surface area contributed by atoms with E-state index in [0.29, 0.717) is 30.1 Å². The van der Waals surface area contributed by atoms with Gasteiger partial charge in [-0.25, -0.2) is 0 Å². The van der Waals surface area contributed by atoms with Crippen LogP contribution in [0.4, 0.5) is 0 Å². The lowest BCUT2D eigenvalue weighted by Gasteiger charge is -2.57. The van der Waals surface area contributed by atoms with Gasteiger partial charge in [0.25, 0.3) is 0 Å². The third kappa shape index (κ3) is 2.87. The number of carbonyl (C=O) groups is 1. The Balaban J connectivity index is 1.30. The molecule has 0 spiro atoms. The van der Waals surface area contributed by atoms with E-state index in [1.54, 1.807) is 0 Å². The first-order chi connectivity index (χ1) is 12.8. The molecule has 0 N–H and O–H groups in total. The molecule has 0 amide bonds. The van der Waals surface area contributed by atoms with Crippen LogP contribution in [0.15, 0.2) is 42.5 Å². The Kier molecular flexibility index (Phi) is 4.48. The molecule has 138 valence electrons. The van der Waals surface area contributed by atoms with Crippen molar-refractivity contribution in [3.05, 3.63) is 48.0 Å². The Morgan fingerprint density at radius 1 is 0.923 bits per heavy atom. The highest BCUT2D eigenvalue weighted by Gasteiger charge is 2.54. The standard InChI is InChI=1S/C24H30O2/c25-22-13-10-18-7-6-17-8-9-19(15-26-14-16-4-2-1-3-5-16)20-11-12-21(22)24(18)23(17)20/h1-5,8-9,17-21,23-24H,6-7,10-15H2/t17-,18+,19-,20+,21-,23-,24-/m1/s1. The molecule has 0 radical (unpaired) electrons. The zero-order chi connectivity index (χ0) is 17.5. The van der Waals surface area contributed by atoms with E-state index in [1.807, 2.05) is 0 Å². The number of carbonyl (C=O) groups excluding carboxylic acids is 1. The first-order valence-electron chi connectivity index (χ1n) is 10.6. The first-order valence-corrected chi connectivity index (χ1v) is 10.6. The Bertz CT molecular complexity index is 679. The van der Waals surface area contributed by atoms with Gasteiger partial charge in [0.15, 0.2) is 0 Å². The SMILES string of the molecule is O=C1CC[C@@H]2CC[C@@H]3C=C[C@H](COCc4ccccc4)[C@@H]4CC[C@H]1[C@@H]2[C@@H]43. The average molecular weight is 351 g/mol. The highest BCUT2D eigenvalue weighted by Crippen LogP contribution is 2.58. The van der Waals surface area contributed by atoms with E-state index < -0.39 is 0 Å². The van der Waals surface area contributed by atoms with Gasteiger partial charge in [0, 0.05) is 18.3 Å². The van der Waals surface area contributed by atoms with Gasteiger partial charge < -0.3 is 4.74 Å². The predicted octanol–water partition coefficient (Wildman–Crippen LogP) is 5.04. The van der Waals surface area contributed by atoms with E-state index in [9.17, 15) is 4.79 Å². The van der Waals surface area contributed by atoms with E-state index >= 15 is 0 Å². The molecule has 3 fully saturated rings. The van der Waals surface area contributed by atoms with Crippen molar-refractivity contribution in [2.75, 3.05) is 6.61 Å². The number of benzene rings is 1. The monoisotopic (exact) mass is 350 g/mol. The Morgan fingerprint density at radius 3 is 2.69 bits per heavy atom. The molecule has 0 heterocycles. The minimum absolute atomic E-state index is 0.384. The number of hydrogen-bond donors (Lipinski definition) is 0. The van der Waals surface area contributed by atoms with Crippen LogP contribution in [0.5, 0.6) is 0 Å². The van der Waals surface area contributed by atoms with E-state index in [-0.39, 0.29) is 0 Å². The van der Waals surface area contributed by atoms with Gasteiger partial charge in [-0.05, 0) is 67.3 Å². The molecule has 0 aromatic heterocycles. The van der Waals surface area contributed by atoms with Crippen LogP contribution in [0.1, 0.15) is 44.1 Å². The molecule has 5 rings (SSSR count). The lowest BCUT2D eigenvalue weighted by Crippen LogP contribution is -2.53. The van der Waals surface area contributed by atoms with Gasteiger partial charge in [-0.2, -0.15) is 0 Å². The Morgan fingerprint density at radius 2 is 1.81 bits per heavy atom. The number of ether oxygens (including phenoxy) is 1. The summed E-state index contributed by atoms with van der Waals surface area (Å²) in [6.45, 7) is 1.54. The zero-order valence-electron chi connectivity index (χ0n) is 15.6. The molecule has 2 nitrogen and oxygen atoms in total. The van der Waals surface area contributed by atoms with E-state index in [4.69, 9.17) is 4.74 Å². The fourth-order valence-electron chi connectivity index (χ4n) is 6.79. The minimum Gasteiger partial charge on any atom is -0.376 e. The molecule has 0 unspecified atom stereocenters. The van der Waals surface area contributed by atoms with Gasteiger partial charge in [-0.15, -0.1) is 0 Å². The highest BCUT2D eigenvalue weighted by molar-refractivity contribution is 5.82. The molecule has 1 aromatic rings. The molecular weight excluding hydrogens is 320 g/mol. The lowest BCUT2D eigenvalue weighted by atomic mass is 9.47. The topological polar surface area (TPSA) is 26.3 Å². The second kappa shape index (κ2) is 6.96. The fraction of sp³-hybridized carbons (Fsp3) is 0.625. The van der Waals surface area contributed by atoms with E-state index in [1.165, 1.54) is 24.8 Å². The van der Waals surface area contributed by atoms with Crippen molar-refractivity contribution in [1.29, 1.82) is 0 Å². The van der Waals surface area contributed by atoms with Crippen molar-refractivity contribution in [2.45, 2.75) is 45.1 Å². The van der Waals surface area contributed by atoms with Gasteiger partial charge >= 0.3 is 0 Å². The van der Waals surface area contributed by atoms with Crippen LogP contribution >= 0.6 is 0 Å². The second-order valence-corrected chi connectivity index (χ2v) is 9.06. The van der Waals surface area contributed by atoms with Crippen molar-refractivity contribution in [3.8, 4) is 0 Å². The molecule has 0 bridgehead atoms. The van der Waals surface area contributed by atoms with Crippen LogP contribution < -0.4 is 0 Å². The molecule has 7 atom stereocenters.